The average molecular weight is 434 g/mol. The number of sulfone groups is 1. The highest BCUT2D eigenvalue weighted by atomic mass is 32.2. The number of hydrogen-bond acceptors (Lipinski definition) is 5. The summed E-state index contributed by atoms with van der Waals surface area (Å²) in [4.78, 5) is 25.9. The normalized spacial score (nSPS) is 36.2. The lowest BCUT2D eigenvalue weighted by molar-refractivity contribution is -0.170. The van der Waals surface area contributed by atoms with Crippen molar-refractivity contribution in [3.8, 4) is 0 Å². The first-order valence-electron chi connectivity index (χ1n) is 11.2. The van der Waals surface area contributed by atoms with Gasteiger partial charge in [-0.15, -0.1) is 0 Å². The summed E-state index contributed by atoms with van der Waals surface area (Å²) in [5.74, 6) is 1.90. The van der Waals surface area contributed by atoms with Crippen LogP contribution in [0.25, 0.3) is 0 Å². The molecule has 5 aliphatic rings. The van der Waals surface area contributed by atoms with Gasteiger partial charge in [-0.3, -0.25) is 9.59 Å². The van der Waals surface area contributed by atoms with E-state index in [9.17, 15) is 18.0 Å². The van der Waals surface area contributed by atoms with Crippen LogP contribution in [0.5, 0.6) is 0 Å². The van der Waals surface area contributed by atoms with E-state index in [1.165, 1.54) is 19.3 Å². The van der Waals surface area contributed by atoms with Gasteiger partial charge in [0.15, 0.2) is 16.4 Å². The number of Topliss-reactive ketones (excluding diaryl/α,β-unsaturated/α-hetero) is 1. The molecule has 30 heavy (non-hydrogen) atoms. The number of carbonyl (C=O) groups excluding carboxylic acids is 2. The number of ketones is 1. The molecule has 7 heteroatoms. The fraction of sp³-hybridized carbons (Fsp3) is 0.739. The lowest BCUT2D eigenvalue weighted by Crippen LogP contribution is -2.50. The van der Waals surface area contributed by atoms with Crippen LogP contribution < -0.4 is 0 Å². The van der Waals surface area contributed by atoms with Crippen molar-refractivity contribution in [2.24, 2.45) is 23.2 Å². The topological polar surface area (TPSA) is 82.4 Å². The van der Waals surface area contributed by atoms with Gasteiger partial charge >= 0.3 is 5.97 Å². The van der Waals surface area contributed by atoms with Crippen molar-refractivity contribution < 1.29 is 22.7 Å². The van der Waals surface area contributed by atoms with Gasteiger partial charge in [0, 0.05) is 23.0 Å². The van der Waals surface area contributed by atoms with Gasteiger partial charge in [0.05, 0.1) is 16.9 Å². The Labute approximate surface area is 178 Å². The molecule has 0 amide bonds. The van der Waals surface area contributed by atoms with Crippen molar-refractivity contribution in [2.75, 3.05) is 18.1 Å². The van der Waals surface area contributed by atoms with Crippen molar-refractivity contribution in [3.05, 3.63) is 23.0 Å². The predicted octanol–water partition coefficient (Wildman–Crippen LogP) is 3.41. The molecule has 1 saturated heterocycles. The van der Waals surface area contributed by atoms with E-state index in [0.717, 1.165) is 30.7 Å². The number of hydrogen-bond donors (Lipinski definition) is 0. The molecule has 4 saturated carbocycles. The van der Waals surface area contributed by atoms with Crippen LogP contribution in [-0.4, -0.2) is 42.9 Å². The zero-order chi connectivity index (χ0) is 21.3. The van der Waals surface area contributed by atoms with Crippen LogP contribution in [0, 0.1) is 37.0 Å². The maximum atomic E-state index is 13.0. The van der Waals surface area contributed by atoms with E-state index in [1.807, 2.05) is 18.4 Å². The Balaban J connectivity index is 1.27. The zero-order valence-electron chi connectivity index (χ0n) is 17.9. The zero-order valence-corrected chi connectivity index (χ0v) is 18.7. The highest BCUT2D eigenvalue weighted by Gasteiger charge is 2.55. The van der Waals surface area contributed by atoms with Crippen molar-refractivity contribution in [1.29, 1.82) is 0 Å². The second-order valence-corrected chi connectivity index (χ2v) is 12.6. The Morgan fingerprint density at radius 1 is 1.10 bits per heavy atom. The van der Waals surface area contributed by atoms with E-state index in [-0.39, 0.29) is 41.3 Å². The molecule has 6 rings (SSSR count). The number of aromatic nitrogens is 1. The lowest BCUT2D eigenvalue weighted by atomic mass is 9.49. The third-order valence-corrected chi connectivity index (χ3v) is 9.91. The number of nitrogens with zero attached hydrogens (tertiary/aromatic N) is 1. The van der Waals surface area contributed by atoms with Crippen LogP contribution >= 0.6 is 0 Å². The minimum absolute atomic E-state index is 0.119. The van der Waals surface area contributed by atoms with Gasteiger partial charge in [-0.2, -0.15) is 0 Å². The monoisotopic (exact) mass is 433 g/mol. The Bertz CT molecular complexity index is 970. The fourth-order valence-electron chi connectivity index (χ4n) is 7.32. The molecule has 0 spiro atoms. The van der Waals surface area contributed by atoms with E-state index in [2.05, 4.69) is 0 Å². The van der Waals surface area contributed by atoms with Crippen molar-refractivity contribution in [3.63, 3.8) is 0 Å². The van der Waals surface area contributed by atoms with Crippen LogP contribution in [0.2, 0.25) is 0 Å². The maximum Gasteiger partial charge on any atom is 0.312 e. The molecule has 2 heterocycles. The smallest absolute Gasteiger partial charge is 0.312 e. The van der Waals surface area contributed by atoms with Crippen molar-refractivity contribution in [2.45, 2.75) is 64.8 Å². The van der Waals surface area contributed by atoms with Gasteiger partial charge in [0.1, 0.15) is 0 Å². The van der Waals surface area contributed by atoms with Gasteiger partial charge in [0.25, 0.3) is 0 Å². The molecule has 0 radical (unpaired) electrons. The first-order chi connectivity index (χ1) is 14.2. The van der Waals surface area contributed by atoms with Gasteiger partial charge in [-0.25, -0.2) is 8.42 Å². The van der Waals surface area contributed by atoms with Crippen molar-refractivity contribution in [1.82, 2.24) is 4.57 Å². The number of carbonyl (C=O) groups is 2. The van der Waals surface area contributed by atoms with Crippen LogP contribution in [0.3, 0.4) is 0 Å². The quantitative estimate of drug-likeness (QED) is 0.525. The molecule has 1 atom stereocenters. The number of esters is 1. The molecular weight excluding hydrogens is 402 g/mol. The van der Waals surface area contributed by atoms with E-state index in [1.54, 1.807) is 6.07 Å². The Morgan fingerprint density at radius 3 is 2.23 bits per heavy atom. The molecule has 5 fully saturated rings. The second-order valence-electron chi connectivity index (χ2n) is 10.4. The van der Waals surface area contributed by atoms with Gasteiger partial charge in [0.2, 0.25) is 5.78 Å². The number of ether oxygens (including phenoxy) is 1. The largest absolute Gasteiger partial charge is 0.457 e. The molecule has 0 aromatic carbocycles. The first kappa shape index (κ1) is 20.3. The minimum atomic E-state index is -3.01. The summed E-state index contributed by atoms with van der Waals surface area (Å²) in [5, 5.41) is 0. The summed E-state index contributed by atoms with van der Waals surface area (Å²) in [5.41, 5.74) is 1.83. The van der Waals surface area contributed by atoms with E-state index >= 15 is 0 Å². The Morgan fingerprint density at radius 2 is 1.70 bits per heavy atom. The fourth-order valence-corrected chi connectivity index (χ4v) is 9.02. The molecule has 164 valence electrons. The molecule has 6 nitrogen and oxygen atoms in total. The highest BCUT2D eigenvalue weighted by Crippen LogP contribution is 2.60. The Kier molecular flexibility index (Phi) is 4.69. The molecule has 1 aromatic rings. The molecule has 4 bridgehead atoms. The van der Waals surface area contributed by atoms with E-state index < -0.39 is 9.84 Å². The number of aryl methyl sites for hydroxylation is 1. The summed E-state index contributed by atoms with van der Waals surface area (Å²) in [6.07, 6.45) is 7.13. The van der Waals surface area contributed by atoms with Gasteiger partial charge in [-0.1, -0.05) is 0 Å². The molecule has 1 aromatic heterocycles. The van der Waals surface area contributed by atoms with Gasteiger partial charge < -0.3 is 9.30 Å². The minimum Gasteiger partial charge on any atom is -0.457 e. The van der Waals surface area contributed by atoms with Crippen LogP contribution in [0.1, 0.15) is 72.7 Å². The second kappa shape index (κ2) is 6.94. The molecule has 0 N–H and O–H groups in total. The van der Waals surface area contributed by atoms with Crippen LogP contribution in [-0.2, 0) is 19.4 Å². The maximum absolute atomic E-state index is 13.0. The van der Waals surface area contributed by atoms with Gasteiger partial charge in [-0.05, 0) is 82.6 Å². The summed E-state index contributed by atoms with van der Waals surface area (Å²) in [6, 6.07) is 1.69. The molecule has 1 aliphatic heterocycles. The highest BCUT2D eigenvalue weighted by molar-refractivity contribution is 7.91. The predicted molar refractivity (Wildman–Crippen MR) is 112 cm³/mol. The van der Waals surface area contributed by atoms with E-state index in [4.69, 9.17) is 4.74 Å². The number of rotatable bonds is 5. The summed E-state index contributed by atoms with van der Waals surface area (Å²) < 4.78 is 31.3. The SMILES string of the molecule is Cc1cc(C(=O)COC(=O)C23CC4CC(CC(C4)C2)C3)c(C)n1C1CCS(=O)(=O)C1. The Hall–Kier alpha value is -1.63. The molecule has 4 aliphatic carbocycles. The molecule has 1 unspecified atom stereocenters. The summed E-state index contributed by atoms with van der Waals surface area (Å²) in [7, 11) is -3.01. The summed E-state index contributed by atoms with van der Waals surface area (Å²) >= 11 is 0. The molecular formula is C23H31NO5S. The third-order valence-electron chi connectivity index (χ3n) is 8.16. The third kappa shape index (κ3) is 3.33. The summed E-state index contributed by atoms with van der Waals surface area (Å²) in [6.45, 7) is 3.52. The standard InChI is InChI=1S/C23H31NO5S/c1-14-5-20(15(2)24(14)19-3-4-30(27,28)13-19)21(25)12-29-22(26)23-9-16-6-17(10-23)8-18(7-16)11-23/h5,16-19H,3-4,6-13H2,1-2H3. The first-order valence-corrected chi connectivity index (χ1v) is 13.1. The van der Waals surface area contributed by atoms with E-state index in [0.29, 0.717) is 29.7 Å². The van der Waals surface area contributed by atoms with Crippen LogP contribution in [0.4, 0.5) is 0 Å². The van der Waals surface area contributed by atoms with Crippen LogP contribution in [0.15, 0.2) is 6.07 Å². The lowest BCUT2D eigenvalue weighted by Gasteiger charge is -2.55. The average Bonchev–Trinajstić information content (AvgIpc) is 3.16. The van der Waals surface area contributed by atoms with Crippen molar-refractivity contribution >= 4 is 21.6 Å².